The van der Waals surface area contributed by atoms with Gasteiger partial charge in [0.05, 0.1) is 16.6 Å². The van der Waals surface area contributed by atoms with Gasteiger partial charge in [-0.15, -0.1) is 0 Å². The highest BCUT2D eigenvalue weighted by Gasteiger charge is 2.17. The molecule has 0 bridgehead atoms. The number of nitrogens with zero attached hydrogens (tertiary/aromatic N) is 5. The van der Waals surface area contributed by atoms with Crippen LogP contribution in [-0.4, -0.2) is 30.4 Å². The van der Waals surface area contributed by atoms with E-state index in [1.165, 1.54) is 0 Å². The van der Waals surface area contributed by atoms with Crippen molar-refractivity contribution >= 4 is 22.7 Å². The molecule has 0 radical (unpaired) electrons. The van der Waals surface area contributed by atoms with Gasteiger partial charge in [0.2, 0.25) is 11.7 Å². The average molecular weight is 484 g/mol. The van der Waals surface area contributed by atoms with Crippen LogP contribution in [0.5, 0.6) is 0 Å². The first-order valence-corrected chi connectivity index (χ1v) is 12.6. The fourth-order valence-electron chi connectivity index (χ4n) is 3.96. The normalized spacial score (nSPS) is 11.4. The Kier molecular flexibility index (Phi) is 6.72. The lowest BCUT2D eigenvalue weighted by atomic mass is 10.0. The predicted octanol–water partition coefficient (Wildman–Crippen LogP) is 5.68. The van der Waals surface area contributed by atoms with Crippen LogP contribution in [0.1, 0.15) is 37.6 Å². The zero-order valence-corrected chi connectivity index (χ0v) is 20.4. The molecule has 3 aromatic heterocycles. The van der Waals surface area contributed by atoms with Crippen molar-refractivity contribution in [3.05, 3.63) is 94.9 Å². The molecule has 2 aromatic carbocycles. The minimum Gasteiger partial charge on any atom is -0.339 e. The van der Waals surface area contributed by atoms with Crippen LogP contribution in [0.4, 0.5) is 0 Å². The van der Waals surface area contributed by atoms with Crippen molar-refractivity contribution in [1.82, 2.24) is 24.7 Å². The van der Waals surface area contributed by atoms with Gasteiger partial charge in [-0.05, 0) is 48.2 Å². The molecule has 7 nitrogen and oxygen atoms in total. The highest BCUT2D eigenvalue weighted by atomic mass is 32.2. The summed E-state index contributed by atoms with van der Waals surface area (Å²) < 4.78 is 7.18. The molecule has 0 saturated heterocycles. The summed E-state index contributed by atoms with van der Waals surface area (Å²) in [6.07, 6.45) is 4.85. The van der Waals surface area contributed by atoms with Gasteiger partial charge < -0.3 is 4.52 Å². The molecule has 0 aliphatic carbocycles. The van der Waals surface area contributed by atoms with Gasteiger partial charge in [0.1, 0.15) is 0 Å². The number of hydrogen-bond acceptors (Lipinski definition) is 7. The smallest absolute Gasteiger partial charge is 0.266 e. The number of benzene rings is 2. The number of aryl methyl sites for hydroxylation is 1. The van der Waals surface area contributed by atoms with Crippen LogP contribution in [0.25, 0.3) is 28.0 Å². The summed E-state index contributed by atoms with van der Waals surface area (Å²) in [6.45, 7) is 4.27. The Morgan fingerprint density at radius 3 is 2.57 bits per heavy atom. The monoisotopic (exact) mass is 483 g/mol. The second-order valence-corrected chi connectivity index (χ2v) is 9.53. The van der Waals surface area contributed by atoms with Gasteiger partial charge in [-0.2, -0.15) is 4.98 Å². The molecule has 0 saturated carbocycles. The second-order valence-electron chi connectivity index (χ2n) is 8.47. The summed E-state index contributed by atoms with van der Waals surface area (Å²) in [5, 5.41) is 5.37. The largest absolute Gasteiger partial charge is 0.339 e. The highest BCUT2D eigenvalue weighted by molar-refractivity contribution is 7.99. The Morgan fingerprint density at radius 1 is 0.971 bits per heavy atom. The zero-order valence-electron chi connectivity index (χ0n) is 19.6. The Labute approximate surface area is 207 Å². The predicted molar refractivity (Wildman–Crippen MR) is 138 cm³/mol. The lowest BCUT2D eigenvalue weighted by molar-refractivity contribution is 0.378. The van der Waals surface area contributed by atoms with Crippen LogP contribution in [0.15, 0.2) is 87.5 Å². The average Bonchev–Trinajstić information content (AvgIpc) is 3.36. The van der Waals surface area contributed by atoms with Gasteiger partial charge in [0, 0.05) is 30.1 Å². The molecule has 176 valence electrons. The fraction of sp³-hybridized carbons (Fsp3) is 0.222. The van der Waals surface area contributed by atoms with E-state index < -0.39 is 0 Å². The Hall–Kier alpha value is -3.78. The van der Waals surface area contributed by atoms with Crippen LogP contribution in [0.2, 0.25) is 0 Å². The molecule has 0 aliphatic rings. The lowest BCUT2D eigenvalue weighted by Crippen LogP contribution is -2.23. The summed E-state index contributed by atoms with van der Waals surface area (Å²) in [4.78, 5) is 27.0. The molecule has 0 fully saturated rings. The van der Waals surface area contributed by atoms with Crippen LogP contribution < -0.4 is 5.56 Å². The number of para-hydroxylation sites is 2. The zero-order chi connectivity index (χ0) is 24.2. The number of rotatable bonds is 8. The molecule has 3 heterocycles. The highest BCUT2D eigenvalue weighted by Crippen LogP contribution is 2.27. The maximum Gasteiger partial charge on any atom is 0.266 e. The maximum absolute atomic E-state index is 13.6. The van der Waals surface area contributed by atoms with Crippen molar-refractivity contribution in [2.75, 3.05) is 5.75 Å². The fourth-order valence-corrected chi connectivity index (χ4v) is 4.91. The van der Waals surface area contributed by atoms with Gasteiger partial charge in [-0.3, -0.25) is 14.3 Å². The van der Waals surface area contributed by atoms with Crippen LogP contribution >= 0.6 is 11.8 Å². The SMILES string of the molecule is CC(C)c1ccccc1-n1c(SCCCc2nc(-c3ccncc3)no2)nc2ccccc2c1=O. The molecule has 0 spiro atoms. The van der Waals surface area contributed by atoms with E-state index in [2.05, 4.69) is 35.0 Å². The molecule has 0 aliphatic heterocycles. The van der Waals surface area contributed by atoms with E-state index >= 15 is 0 Å². The molecule has 0 unspecified atom stereocenters. The Bertz CT molecular complexity index is 1510. The first kappa shape index (κ1) is 23.0. The lowest BCUT2D eigenvalue weighted by Gasteiger charge is -2.18. The number of pyridine rings is 1. The van der Waals surface area contributed by atoms with Gasteiger partial charge in [0.15, 0.2) is 5.16 Å². The van der Waals surface area contributed by atoms with Crippen molar-refractivity contribution in [2.24, 2.45) is 0 Å². The summed E-state index contributed by atoms with van der Waals surface area (Å²) in [6, 6.07) is 19.3. The summed E-state index contributed by atoms with van der Waals surface area (Å²) in [5.41, 5.74) is 3.52. The maximum atomic E-state index is 13.6. The van der Waals surface area contributed by atoms with E-state index in [-0.39, 0.29) is 11.5 Å². The van der Waals surface area contributed by atoms with Gasteiger partial charge in [-0.1, -0.05) is 61.1 Å². The first-order valence-electron chi connectivity index (χ1n) is 11.6. The quantitative estimate of drug-likeness (QED) is 0.159. The Balaban J connectivity index is 1.39. The van der Waals surface area contributed by atoms with Gasteiger partial charge in [0.25, 0.3) is 5.56 Å². The van der Waals surface area contributed by atoms with Gasteiger partial charge >= 0.3 is 0 Å². The van der Waals surface area contributed by atoms with E-state index in [1.54, 1.807) is 28.7 Å². The standard InChI is InChI=1S/C27H25N5O2S/c1-18(2)20-8-4-6-11-23(20)32-26(33)21-9-3-5-10-22(21)29-27(32)35-17-7-12-24-30-25(31-34-24)19-13-15-28-16-14-19/h3-6,8-11,13-16,18H,7,12,17H2,1-2H3. The summed E-state index contributed by atoms with van der Waals surface area (Å²) >= 11 is 1.57. The molecule has 0 N–H and O–H groups in total. The number of aromatic nitrogens is 5. The first-order chi connectivity index (χ1) is 17.1. The second kappa shape index (κ2) is 10.2. The van der Waals surface area contributed by atoms with Crippen molar-refractivity contribution in [3.8, 4) is 17.1 Å². The third-order valence-electron chi connectivity index (χ3n) is 5.72. The molecule has 8 heteroatoms. The molecular weight excluding hydrogens is 458 g/mol. The van der Waals surface area contributed by atoms with Crippen molar-refractivity contribution in [3.63, 3.8) is 0 Å². The molecule has 0 amide bonds. The Morgan fingerprint density at radius 2 is 1.74 bits per heavy atom. The van der Waals surface area contributed by atoms with E-state index in [0.29, 0.717) is 34.2 Å². The van der Waals surface area contributed by atoms with E-state index in [4.69, 9.17) is 9.51 Å². The summed E-state index contributed by atoms with van der Waals surface area (Å²) in [5.74, 6) is 2.17. The third kappa shape index (κ3) is 4.88. The number of thioether (sulfide) groups is 1. The van der Waals surface area contributed by atoms with Crippen molar-refractivity contribution in [1.29, 1.82) is 0 Å². The van der Waals surface area contributed by atoms with Crippen LogP contribution in [0.3, 0.4) is 0 Å². The van der Waals surface area contributed by atoms with E-state index in [9.17, 15) is 4.79 Å². The van der Waals surface area contributed by atoms with Crippen LogP contribution in [-0.2, 0) is 6.42 Å². The van der Waals surface area contributed by atoms with Crippen molar-refractivity contribution < 1.29 is 4.52 Å². The minimum absolute atomic E-state index is 0.0508. The van der Waals surface area contributed by atoms with E-state index in [1.807, 2.05) is 54.6 Å². The molecule has 5 rings (SSSR count). The number of fused-ring (bicyclic) bond motifs is 1. The summed E-state index contributed by atoms with van der Waals surface area (Å²) in [7, 11) is 0. The number of hydrogen-bond donors (Lipinski definition) is 0. The van der Waals surface area contributed by atoms with Crippen molar-refractivity contribution in [2.45, 2.75) is 37.8 Å². The molecule has 0 atom stereocenters. The molecule has 5 aromatic rings. The minimum atomic E-state index is -0.0508. The topological polar surface area (TPSA) is 86.7 Å². The third-order valence-corrected chi connectivity index (χ3v) is 6.74. The van der Waals surface area contributed by atoms with Crippen LogP contribution in [0, 0.1) is 0 Å². The molecular formula is C27H25N5O2S. The molecule has 35 heavy (non-hydrogen) atoms. The van der Waals surface area contributed by atoms with E-state index in [0.717, 1.165) is 29.0 Å². The van der Waals surface area contributed by atoms with Gasteiger partial charge in [-0.25, -0.2) is 4.98 Å².